The number of nitrogens with zero attached hydrogens (tertiary/aromatic N) is 3. The van der Waals surface area contributed by atoms with Gasteiger partial charge in [-0.25, -0.2) is 9.97 Å². The number of hydrogen-bond acceptors (Lipinski definition) is 5. The van der Waals surface area contributed by atoms with Gasteiger partial charge in [-0.1, -0.05) is 29.8 Å². The summed E-state index contributed by atoms with van der Waals surface area (Å²) in [7, 11) is 0. The zero-order valence-electron chi connectivity index (χ0n) is 15.1. The molecule has 0 amide bonds. The van der Waals surface area contributed by atoms with Crippen molar-refractivity contribution in [2.75, 3.05) is 18.0 Å². The summed E-state index contributed by atoms with van der Waals surface area (Å²) in [6, 6.07) is 7.86. The minimum atomic E-state index is 0.0519. The molecule has 1 aromatic heterocycles. The predicted octanol–water partition coefficient (Wildman–Crippen LogP) is 3.67. The molecule has 1 aliphatic rings. The first-order valence-electron chi connectivity index (χ1n) is 8.88. The fourth-order valence-corrected chi connectivity index (χ4v) is 3.15. The first kappa shape index (κ1) is 17.4. The average molecular weight is 339 g/mol. The van der Waals surface area contributed by atoms with E-state index in [1.54, 1.807) is 12.4 Å². The number of carbonyl (C=O) groups is 1. The minimum Gasteiger partial charge on any atom is -0.472 e. The number of aromatic nitrogens is 2. The van der Waals surface area contributed by atoms with Crippen LogP contribution in [0.15, 0.2) is 36.7 Å². The second-order valence-electron chi connectivity index (χ2n) is 6.84. The van der Waals surface area contributed by atoms with Crippen molar-refractivity contribution in [1.82, 2.24) is 9.97 Å². The van der Waals surface area contributed by atoms with Crippen LogP contribution < -0.4 is 9.64 Å². The maximum atomic E-state index is 12.7. The summed E-state index contributed by atoms with van der Waals surface area (Å²) < 4.78 is 5.77. The van der Waals surface area contributed by atoms with Crippen LogP contribution >= 0.6 is 0 Å². The Labute approximate surface area is 149 Å². The Morgan fingerprint density at radius 1 is 1.12 bits per heavy atom. The highest BCUT2D eigenvalue weighted by molar-refractivity contribution is 5.98. The van der Waals surface area contributed by atoms with Crippen molar-refractivity contribution in [3.8, 4) is 5.88 Å². The van der Waals surface area contributed by atoms with Crippen LogP contribution in [0.1, 0.15) is 42.6 Å². The van der Waals surface area contributed by atoms with E-state index in [1.165, 1.54) is 5.56 Å². The van der Waals surface area contributed by atoms with Gasteiger partial charge in [0, 0.05) is 37.0 Å². The van der Waals surface area contributed by atoms with E-state index in [-0.39, 0.29) is 17.8 Å². The molecule has 2 aromatic rings. The molecule has 0 unspecified atom stereocenters. The van der Waals surface area contributed by atoms with Gasteiger partial charge in [-0.15, -0.1) is 0 Å². The molecule has 2 heterocycles. The fourth-order valence-electron chi connectivity index (χ4n) is 3.15. The van der Waals surface area contributed by atoms with E-state index < -0.39 is 0 Å². The second-order valence-corrected chi connectivity index (χ2v) is 6.84. The minimum absolute atomic E-state index is 0.0519. The van der Waals surface area contributed by atoms with Crippen LogP contribution in [-0.4, -0.2) is 34.9 Å². The molecule has 0 atom stereocenters. The van der Waals surface area contributed by atoms with Gasteiger partial charge in [0.1, 0.15) is 0 Å². The molecule has 0 radical (unpaired) electrons. The van der Waals surface area contributed by atoms with Gasteiger partial charge in [0.15, 0.2) is 11.6 Å². The Bertz CT molecular complexity index is 720. The van der Waals surface area contributed by atoms with Gasteiger partial charge >= 0.3 is 0 Å². The highest BCUT2D eigenvalue weighted by Gasteiger charge is 2.28. The van der Waals surface area contributed by atoms with E-state index in [0.29, 0.717) is 5.88 Å². The zero-order valence-corrected chi connectivity index (χ0v) is 15.1. The number of hydrogen-bond donors (Lipinski definition) is 0. The molecule has 1 aliphatic heterocycles. The van der Waals surface area contributed by atoms with Gasteiger partial charge < -0.3 is 9.64 Å². The van der Waals surface area contributed by atoms with Gasteiger partial charge in [-0.2, -0.15) is 0 Å². The lowest BCUT2D eigenvalue weighted by atomic mass is 9.88. The van der Waals surface area contributed by atoms with Crippen LogP contribution in [0.3, 0.4) is 0 Å². The normalized spacial score (nSPS) is 15.4. The van der Waals surface area contributed by atoms with Crippen LogP contribution in [-0.2, 0) is 0 Å². The van der Waals surface area contributed by atoms with E-state index in [9.17, 15) is 4.79 Å². The van der Waals surface area contributed by atoms with E-state index in [4.69, 9.17) is 4.74 Å². The number of aryl methyl sites for hydroxylation is 1. The molecular formula is C20H25N3O2. The molecule has 5 nitrogen and oxygen atoms in total. The molecule has 5 heteroatoms. The summed E-state index contributed by atoms with van der Waals surface area (Å²) in [5, 5.41) is 0. The molecule has 0 aliphatic carbocycles. The maximum Gasteiger partial charge on any atom is 0.257 e. The summed E-state index contributed by atoms with van der Waals surface area (Å²) in [6.07, 6.45) is 5.03. The second kappa shape index (κ2) is 7.64. The van der Waals surface area contributed by atoms with E-state index >= 15 is 0 Å². The number of carbonyl (C=O) groups excluding carboxylic acids is 1. The fraction of sp³-hybridized carbons (Fsp3) is 0.450. The number of ether oxygens (including phenoxy) is 1. The molecule has 0 bridgehead atoms. The molecule has 1 fully saturated rings. The summed E-state index contributed by atoms with van der Waals surface area (Å²) in [4.78, 5) is 23.6. The Balaban J connectivity index is 1.66. The molecular weight excluding hydrogens is 314 g/mol. The van der Waals surface area contributed by atoms with Gasteiger partial charge in [-0.3, -0.25) is 4.79 Å². The summed E-state index contributed by atoms with van der Waals surface area (Å²) in [5.74, 6) is 1.67. The van der Waals surface area contributed by atoms with Crippen molar-refractivity contribution >= 4 is 11.6 Å². The zero-order chi connectivity index (χ0) is 17.8. The van der Waals surface area contributed by atoms with Crippen molar-refractivity contribution in [2.24, 2.45) is 5.92 Å². The lowest BCUT2D eigenvalue weighted by molar-refractivity contribution is 0.0900. The predicted molar refractivity (Wildman–Crippen MR) is 98.2 cm³/mol. The lowest BCUT2D eigenvalue weighted by Crippen LogP contribution is -2.37. The molecule has 1 saturated heterocycles. The summed E-state index contributed by atoms with van der Waals surface area (Å²) in [5.41, 5.74) is 1.99. The van der Waals surface area contributed by atoms with Crippen LogP contribution in [0.25, 0.3) is 0 Å². The molecule has 1 aromatic carbocycles. The number of rotatable bonds is 5. The standard InChI is InChI=1S/C20H25N3O2/c1-14(2)25-20-19(21-10-11-22-20)23-12-8-17(9-13-23)18(24)16-6-4-15(3)5-7-16/h4-7,10-11,14,17H,8-9,12-13H2,1-3H3. The number of benzene rings is 1. The van der Waals surface area contributed by atoms with Gasteiger partial charge in [0.2, 0.25) is 0 Å². The van der Waals surface area contributed by atoms with Crippen molar-refractivity contribution in [3.05, 3.63) is 47.8 Å². The van der Waals surface area contributed by atoms with Crippen molar-refractivity contribution in [1.29, 1.82) is 0 Å². The largest absolute Gasteiger partial charge is 0.472 e. The quantitative estimate of drug-likeness (QED) is 0.778. The SMILES string of the molecule is Cc1ccc(C(=O)C2CCN(c3nccnc3OC(C)C)CC2)cc1. The third-order valence-electron chi connectivity index (χ3n) is 4.50. The lowest BCUT2D eigenvalue weighted by Gasteiger charge is -2.32. The van der Waals surface area contributed by atoms with Crippen LogP contribution in [0.4, 0.5) is 5.82 Å². The highest BCUT2D eigenvalue weighted by atomic mass is 16.5. The molecule has 0 N–H and O–H groups in total. The Kier molecular flexibility index (Phi) is 5.31. The third kappa shape index (κ3) is 4.16. The van der Waals surface area contributed by atoms with Crippen molar-refractivity contribution < 1.29 is 9.53 Å². The van der Waals surface area contributed by atoms with Crippen LogP contribution in [0.5, 0.6) is 5.88 Å². The highest BCUT2D eigenvalue weighted by Crippen LogP contribution is 2.29. The first-order valence-corrected chi connectivity index (χ1v) is 8.88. The molecule has 3 rings (SSSR count). The smallest absolute Gasteiger partial charge is 0.257 e. The van der Waals surface area contributed by atoms with Crippen molar-refractivity contribution in [3.63, 3.8) is 0 Å². The Hall–Kier alpha value is -2.43. The van der Waals surface area contributed by atoms with Crippen LogP contribution in [0, 0.1) is 12.8 Å². The number of anilines is 1. The molecule has 132 valence electrons. The molecule has 0 saturated carbocycles. The maximum absolute atomic E-state index is 12.7. The van der Waals surface area contributed by atoms with E-state index in [0.717, 1.165) is 37.3 Å². The van der Waals surface area contributed by atoms with Gasteiger partial charge in [-0.05, 0) is 33.6 Å². The topological polar surface area (TPSA) is 55.3 Å². The summed E-state index contributed by atoms with van der Waals surface area (Å²) in [6.45, 7) is 7.56. The molecule has 0 spiro atoms. The van der Waals surface area contributed by atoms with Gasteiger partial charge in [0.05, 0.1) is 6.10 Å². The van der Waals surface area contributed by atoms with Gasteiger partial charge in [0.25, 0.3) is 5.88 Å². The Morgan fingerprint density at radius 3 is 2.40 bits per heavy atom. The average Bonchev–Trinajstić information content (AvgIpc) is 2.62. The number of piperidine rings is 1. The monoisotopic (exact) mass is 339 g/mol. The third-order valence-corrected chi connectivity index (χ3v) is 4.50. The van der Waals surface area contributed by atoms with Crippen molar-refractivity contribution in [2.45, 2.75) is 39.7 Å². The van der Waals surface area contributed by atoms with E-state index in [1.807, 2.05) is 45.0 Å². The first-order chi connectivity index (χ1) is 12.0. The molecule has 25 heavy (non-hydrogen) atoms. The Morgan fingerprint density at radius 2 is 1.76 bits per heavy atom. The summed E-state index contributed by atoms with van der Waals surface area (Å²) >= 11 is 0. The van der Waals surface area contributed by atoms with E-state index in [2.05, 4.69) is 14.9 Å². The number of ketones is 1. The van der Waals surface area contributed by atoms with Crippen LogP contribution in [0.2, 0.25) is 0 Å². The number of Topliss-reactive ketones (excluding diaryl/α,β-unsaturated/α-hetero) is 1.